The Bertz CT molecular complexity index is 2030. The maximum absolute atomic E-state index is 2.51. The van der Waals surface area contributed by atoms with Crippen molar-refractivity contribution in [3.8, 4) is 33.4 Å². The average Bonchev–Trinajstić information content (AvgIpc) is 3.42. The normalized spacial score (nSPS) is 14.9. The van der Waals surface area contributed by atoms with Crippen LogP contribution in [0.1, 0.15) is 49.9 Å². The van der Waals surface area contributed by atoms with E-state index in [1.165, 1.54) is 72.7 Å². The molecule has 208 valence electrons. The lowest BCUT2D eigenvalue weighted by molar-refractivity contribution is 0.660. The number of hydrogen-bond acceptors (Lipinski definition) is 1. The van der Waals surface area contributed by atoms with E-state index in [1.807, 2.05) is 0 Å². The molecule has 1 heteroatoms. The smallest absolute Gasteiger partial charge is 0.0543 e. The topological polar surface area (TPSA) is 3.24 Å². The lowest BCUT2D eigenvalue weighted by Crippen LogP contribution is -2.18. The molecule has 0 N–H and O–H groups in total. The molecule has 0 amide bonds. The predicted octanol–water partition coefficient (Wildman–Crippen LogP) is 11.4. The quantitative estimate of drug-likeness (QED) is 0.210. The number of benzene rings is 6. The van der Waals surface area contributed by atoms with Gasteiger partial charge in [-0.1, -0.05) is 143 Å². The molecule has 0 heterocycles. The molecule has 43 heavy (non-hydrogen) atoms. The second kappa shape index (κ2) is 9.31. The Morgan fingerprint density at radius 3 is 1.70 bits per heavy atom. The zero-order chi connectivity index (χ0) is 29.3. The molecule has 2 aliphatic rings. The van der Waals surface area contributed by atoms with E-state index in [0.717, 1.165) is 0 Å². The summed E-state index contributed by atoms with van der Waals surface area (Å²) in [4.78, 5) is 2.51. The van der Waals surface area contributed by atoms with Gasteiger partial charge in [0.05, 0.1) is 11.4 Å². The molecule has 0 atom stereocenters. The van der Waals surface area contributed by atoms with E-state index in [1.54, 1.807) is 0 Å². The van der Waals surface area contributed by atoms with Crippen LogP contribution in [0.3, 0.4) is 0 Å². The minimum atomic E-state index is -0.0836. The average molecular weight is 554 g/mol. The maximum atomic E-state index is 2.51. The molecular weight excluding hydrogens is 518 g/mol. The number of nitrogens with zero attached hydrogens (tertiary/aromatic N) is 1. The molecule has 0 fully saturated rings. The molecule has 6 aromatic carbocycles. The molecule has 6 aromatic rings. The molecule has 1 nitrogen and oxygen atoms in total. The summed E-state index contributed by atoms with van der Waals surface area (Å²) in [5.74, 6) is 0. The third-order valence-corrected chi connectivity index (χ3v) is 9.88. The van der Waals surface area contributed by atoms with Crippen LogP contribution in [0, 0.1) is 0 Å². The SMILES string of the molecule is CC1(C)c2ccccc2-c2ccc(N(c3ccccc3-c3ccccc3)c3cccc4c3-c3ccccc3C4(C)C)cc21. The molecular formula is C42H35N. The second-order valence-electron chi connectivity index (χ2n) is 13.0. The summed E-state index contributed by atoms with van der Waals surface area (Å²) in [6.07, 6.45) is 0. The highest BCUT2D eigenvalue weighted by atomic mass is 15.1. The first kappa shape index (κ1) is 25.8. The number of hydrogen-bond donors (Lipinski definition) is 0. The lowest BCUT2D eigenvalue weighted by Gasteiger charge is -2.32. The van der Waals surface area contributed by atoms with Gasteiger partial charge >= 0.3 is 0 Å². The summed E-state index contributed by atoms with van der Waals surface area (Å²) < 4.78 is 0. The Kier molecular flexibility index (Phi) is 5.59. The highest BCUT2D eigenvalue weighted by molar-refractivity contribution is 5.98. The van der Waals surface area contributed by atoms with Gasteiger partial charge in [0.15, 0.2) is 0 Å². The van der Waals surface area contributed by atoms with Crippen molar-refractivity contribution >= 4 is 17.1 Å². The van der Waals surface area contributed by atoms with Crippen molar-refractivity contribution in [2.75, 3.05) is 4.90 Å². The van der Waals surface area contributed by atoms with E-state index in [9.17, 15) is 0 Å². The summed E-state index contributed by atoms with van der Waals surface area (Å²) in [5, 5.41) is 0. The van der Waals surface area contributed by atoms with Gasteiger partial charge in [0.25, 0.3) is 0 Å². The van der Waals surface area contributed by atoms with Crippen LogP contribution in [0.5, 0.6) is 0 Å². The van der Waals surface area contributed by atoms with E-state index in [0.29, 0.717) is 0 Å². The second-order valence-corrected chi connectivity index (χ2v) is 13.0. The molecule has 0 saturated carbocycles. The van der Waals surface area contributed by atoms with Crippen molar-refractivity contribution in [3.05, 3.63) is 162 Å². The lowest BCUT2D eigenvalue weighted by atomic mass is 9.82. The zero-order valence-corrected chi connectivity index (χ0v) is 25.2. The van der Waals surface area contributed by atoms with Crippen LogP contribution in [-0.4, -0.2) is 0 Å². The maximum Gasteiger partial charge on any atom is 0.0543 e. The van der Waals surface area contributed by atoms with Gasteiger partial charge in [-0.05, 0) is 68.8 Å². The molecule has 0 aromatic heterocycles. The van der Waals surface area contributed by atoms with Gasteiger partial charge in [0.1, 0.15) is 0 Å². The fourth-order valence-electron chi connectivity index (χ4n) is 7.69. The highest BCUT2D eigenvalue weighted by Crippen LogP contribution is 2.56. The van der Waals surface area contributed by atoms with Crippen molar-refractivity contribution in [3.63, 3.8) is 0 Å². The minimum absolute atomic E-state index is 0.0753. The molecule has 2 aliphatic carbocycles. The van der Waals surface area contributed by atoms with E-state index in [-0.39, 0.29) is 10.8 Å². The van der Waals surface area contributed by atoms with E-state index in [2.05, 4.69) is 172 Å². The Labute approximate surface area is 255 Å². The zero-order valence-electron chi connectivity index (χ0n) is 25.2. The summed E-state index contributed by atoms with van der Waals surface area (Å²) in [6.45, 7) is 9.45. The standard InChI is InChI=1S/C42H35N/c1-41(2)35-21-12-9-19-33(35)40-36(41)22-14-24-39(40)43(38-23-13-10-17-30(38)28-15-6-5-7-16-28)29-25-26-32-31-18-8-11-20-34(31)42(3,4)37(32)27-29/h5-27H,1-4H3. The minimum Gasteiger partial charge on any atom is -0.309 e. The first-order chi connectivity index (χ1) is 20.9. The third kappa shape index (κ3) is 3.71. The molecule has 0 saturated heterocycles. The Hall–Kier alpha value is -4.88. The van der Waals surface area contributed by atoms with Crippen molar-refractivity contribution in [2.45, 2.75) is 38.5 Å². The van der Waals surface area contributed by atoms with Crippen LogP contribution in [0.25, 0.3) is 33.4 Å². The van der Waals surface area contributed by atoms with E-state index < -0.39 is 0 Å². The number of anilines is 3. The molecule has 0 bridgehead atoms. The molecule has 0 unspecified atom stereocenters. The summed E-state index contributed by atoms with van der Waals surface area (Å²) in [5.41, 5.74) is 16.7. The van der Waals surface area contributed by atoms with Crippen LogP contribution in [0.4, 0.5) is 17.1 Å². The van der Waals surface area contributed by atoms with Crippen LogP contribution in [0.2, 0.25) is 0 Å². The van der Waals surface area contributed by atoms with Crippen molar-refractivity contribution in [2.24, 2.45) is 0 Å². The fraction of sp³-hybridized carbons (Fsp3) is 0.143. The van der Waals surface area contributed by atoms with Gasteiger partial charge in [-0.3, -0.25) is 0 Å². The first-order valence-electron chi connectivity index (χ1n) is 15.3. The van der Waals surface area contributed by atoms with Gasteiger partial charge in [0, 0.05) is 27.6 Å². The summed E-state index contributed by atoms with van der Waals surface area (Å²) in [7, 11) is 0. The predicted molar refractivity (Wildman–Crippen MR) is 182 cm³/mol. The number of fused-ring (bicyclic) bond motifs is 6. The van der Waals surface area contributed by atoms with Crippen LogP contribution < -0.4 is 4.90 Å². The van der Waals surface area contributed by atoms with Gasteiger partial charge in [-0.15, -0.1) is 0 Å². The third-order valence-electron chi connectivity index (χ3n) is 9.88. The first-order valence-corrected chi connectivity index (χ1v) is 15.3. The van der Waals surface area contributed by atoms with Crippen LogP contribution >= 0.6 is 0 Å². The Morgan fingerprint density at radius 2 is 0.930 bits per heavy atom. The van der Waals surface area contributed by atoms with Gasteiger partial charge < -0.3 is 4.90 Å². The fourth-order valence-corrected chi connectivity index (χ4v) is 7.69. The van der Waals surface area contributed by atoms with Crippen LogP contribution in [-0.2, 0) is 10.8 Å². The monoisotopic (exact) mass is 553 g/mol. The largest absolute Gasteiger partial charge is 0.309 e. The molecule has 0 spiro atoms. The van der Waals surface area contributed by atoms with Gasteiger partial charge in [-0.25, -0.2) is 0 Å². The van der Waals surface area contributed by atoms with Crippen molar-refractivity contribution in [1.29, 1.82) is 0 Å². The van der Waals surface area contributed by atoms with Gasteiger partial charge in [-0.2, -0.15) is 0 Å². The number of rotatable bonds is 4. The van der Waals surface area contributed by atoms with Crippen LogP contribution in [0.15, 0.2) is 140 Å². The van der Waals surface area contributed by atoms with Gasteiger partial charge in [0.2, 0.25) is 0 Å². The molecule has 8 rings (SSSR count). The Morgan fingerprint density at radius 1 is 0.395 bits per heavy atom. The van der Waals surface area contributed by atoms with Crippen molar-refractivity contribution < 1.29 is 0 Å². The molecule has 0 radical (unpaired) electrons. The number of para-hydroxylation sites is 1. The summed E-state index contributed by atoms with van der Waals surface area (Å²) in [6, 6.07) is 51.5. The van der Waals surface area contributed by atoms with Crippen molar-refractivity contribution in [1.82, 2.24) is 0 Å². The summed E-state index contributed by atoms with van der Waals surface area (Å²) >= 11 is 0. The Balaban J connectivity index is 1.43. The molecule has 0 aliphatic heterocycles. The highest BCUT2D eigenvalue weighted by Gasteiger charge is 2.39. The van der Waals surface area contributed by atoms with E-state index >= 15 is 0 Å². The van der Waals surface area contributed by atoms with E-state index in [4.69, 9.17) is 0 Å².